The second-order valence-corrected chi connectivity index (χ2v) is 4.69. The number of hydrogen-bond donors (Lipinski definition) is 1. The third kappa shape index (κ3) is 2.97. The zero-order chi connectivity index (χ0) is 9.94. The van der Waals surface area contributed by atoms with Crippen LogP contribution in [0.15, 0.2) is 11.6 Å². The number of alkyl halides is 1. The summed E-state index contributed by atoms with van der Waals surface area (Å²) in [6.07, 6.45) is 1.63. The zero-order valence-electron chi connectivity index (χ0n) is 7.89. The summed E-state index contributed by atoms with van der Waals surface area (Å²) in [6.45, 7) is 7.74. The number of allylic oxidation sites excluding steroid dienone is 1. The van der Waals surface area contributed by atoms with Gasteiger partial charge in [-0.1, -0.05) is 42.8 Å². The Bertz CT molecular complexity index is 201. The van der Waals surface area contributed by atoms with Crippen molar-refractivity contribution in [1.29, 1.82) is 0 Å². The van der Waals surface area contributed by atoms with Crippen molar-refractivity contribution in [2.24, 2.45) is 5.41 Å². The number of halogens is 1. The van der Waals surface area contributed by atoms with Crippen molar-refractivity contribution in [3.05, 3.63) is 11.6 Å². The summed E-state index contributed by atoms with van der Waals surface area (Å²) in [5.41, 5.74) is 0.350. The van der Waals surface area contributed by atoms with Gasteiger partial charge >= 0.3 is 5.97 Å². The first-order chi connectivity index (χ1) is 5.30. The molecule has 12 heavy (non-hydrogen) atoms. The van der Waals surface area contributed by atoms with Gasteiger partial charge in [0.05, 0.1) is 4.83 Å². The van der Waals surface area contributed by atoms with E-state index in [1.807, 2.05) is 20.8 Å². The van der Waals surface area contributed by atoms with E-state index in [-0.39, 0.29) is 10.2 Å². The molecule has 0 fully saturated rings. The van der Waals surface area contributed by atoms with Crippen LogP contribution in [0.1, 0.15) is 27.7 Å². The van der Waals surface area contributed by atoms with Gasteiger partial charge in [0.1, 0.15) is 0 Å². The minimum atomic E-state index is -0.852. The average molecular weight is 235 g/mol. The lowest BCUT2D eigenvalue weighted by Crippen LogP contribution is -2.26. The second kappa shape index (κ2) is 4.08. The molecule has 70 valence electrons. The van der Waals surface area contributed by atoms with Crippen molar-refractivity contribution in [2.45, 2.75) is 32.5 Å². The molecule has 0 aliphatic rings. The van der Waals surface area contributed by atoms with E-state index >= 15 is 0 Å². The molecule has 1 N–H and O–H groups in total. The smallest absolute Gasteiger partial charge is 0.332 e. The molecule has 0 aromatic rings. The highest BCUT2D eigenvalue weighted by Crippen LogP contribution is 2.31. The number of carboxylic acid groups (broad SMARTS) is 1. The van der Waals surface area contributed by atoms with Crippen molar-refractivity contribution >= 4 is 21.9 Å². The molecule has 2 nitrogen and oxygen atoms in total. The van der Waals surface area contributed by atoms with Crippen molar-refractivity contribution in [2.75, 3.05) is 0 Å². The van der Waals surface area contributed by atoms with Gasteiger partial charge < -0.3 is 5.11 Å². The van der Waals surface area contributed by atoms with Crippen LogP contribution in [-0.4, -0.2) is 15.9 Å². The van der Waals surface area contributed by atoms with E-state index in [0.717, 1.165) is 0 Å². The lowest BCUT2D eigenvalue weighted by Gasteiger charge is -2.25. The molecule has 0 saturated carbocycles. The lowest BCUT2D eigenvalue weighted by molar-refractivity contribution is -0.132. The molecule has 0 saturated heterocycles. The fourth-order valence-corrected chi connectivity index (χ4v) is 1.30. The van der Waals surface area contributed by atoms with Gasteiger partial charge in [0.15, 0.2) is 0 Å². The van der Waals surface area contributed by atoms with Crippen LogP contribution in [0, 0.1) is 5.41 Å². The highest BCUT2D eigenvalue weighted by atomic mass is 79.9. The fourth-order valence-electron chi connectivity index (χ4n) is 0.845. The van der Waals surface area contributed by atoms with Crippen LogP contribution in [-0.2, 0) is 4.79 Å². The molecular formula is C9H15BrO2. The monoisotopic (exact) mass is 234 g/mol. The number of rotatable bonds is 2. The van der Waals surface area contributed by atoms with Crippen LogP contribution in [0.4, 0.5) is 0 Å². The number of carboxylic acids is 1. The molecule has 3 heteroatoms. The van der Waals surface area contributed by atoms with E-state index in [9.17, 15) is 4.79 Å². The van der Waals surface area contributed by atoms with Gasteiger partial charge in [-0.05, 0) is 12.3 Å². The predicted molar refractivity (Wildman–Crippen MR) is 53.6 cm³/mol. The van der Waals surface area contributed by atoms with E-state index in [4.69, 9.17) is 5.11 Å². The Balaban J connectivity index is 4.68. The van der Waals surface area contributed by atoms with Crippen molar-refractivity contribution < 1.29 is 9.90 Å². The Hall–Kier alpha value is -0.310. The summed E-state index contributed by atoms with van der Waals surface area (Å²) in [5, 5.41) is 8.81. The summed E-state index contributed by atoms with van der Waals surface area (Å²) in [7, 11) is 0. The van der Waals surface area contributed by atoms with Crippen LogP contribution in [0.3, 0.4) is 0 Å². The summed E-state index contributed by atoms with van der Waals surface area (Å²) in [4.78, 5) is 10.6. The molecular weight excluding hydrogens is 220 g/mol. The van der Waals surface area contributed by atoms with Crippen LogP contribution in [0.2, 0.25) is 0 Å². The van der Waals surface area contributed by atoms with Gasteiger partial charge in [-0.2, -0.15) is 0 Å². The maximum absolute atomic E-state index is 10.7. The molecule has 0 spiro atoms. The van der Waals surface area contributed by atoms with Crippen molar-refractivity contribution in [3.63, 3.8) is 0 Å². The first-order valence-electron chi connectivity index (χ1n) is 3.84. The molecule has 0 aromatic heterocycles. The predicted octanol–water partition coefficient (Wildman–Crippen LogP) is 2.83. The van der Waals surface area contributed by atoms with Gasteiger partial charge in [-0.15, -0.1) is 0 Å². The molecule has 0 radical (unpaired) electrons. The number of carbonyl (C=O) groups is 1. The molecule has 0 bridgehead atoms. The quantitative estimate of drug-likeness (QED) is 0.590. The Morgan fingerprint density at radius 3 is 2.00 bits per heavy atom. The van der Waals surface area contributed by atoms with Gasteiger partial charge in [-0.3, -0.25) is 0 Å². The Kier molecular flexibility index (Phi) is 3.97. The minimum absolute atomic E-state index is 0.0692. The Morgan fingerprint density at radius 1 is 1.50 bits per heavy atom. The van der Waals surface area contributed by atoms with E-state index < -0.39 is 5.97 Å². The minimum Gasteiger partial charge on any atom is -0.478 e. The second-order valence-electron chi connectivity index (χ2n) is 3.78. The maximum atomic E-state index is 10.7. The molecule has 0 aliphatic heterocycles. The van der Waals surface area contributed by atoms with Gasteiger partial charge in [0.25, 0.3) is 0 Å². The summed E-state index contributed by atoms with van der Waals surface area (Å²) >= 11 is 3.38. The van der Waals surface area contributed by atoms with Crippen molar-refractivity contribution in [1.82, 2.24) is 0 Å². The van der Waals surface area contributed by atoms with E-state index in [0.29, 0.717) is 5.57 Å². The Morgan fingerprint density at radius 2 is 1.92 bits per heavy atom. The van der Waals surface area contributed by atoms with Gasteiger partial charge in [0.2, 0.25) is 0 Å². The van der Waals surface area contributed by atoms with E-state index in [2.05, 4.69) is 15.9 Å². The van der Waals surface area contributed by atoms with Gasteiger partial charge in [0, 0.05) is 5.57 Å². The number of aliphatic carboxylic acids is 1. The van der Waals surface area contributed by atoms with Gasteiger partial charge in [-0.25, -0.2) is 4.79 Å². The summed E-state index contributed by atoms with van der Waals surface area (Å²) in [6, 6.07) is 0. The molecule has 0 amide bonds. The summed E-state index contributed by atoms with van der Waals surface area (Å²) in [5.74, 6) is -0.852. The van der Waals surface area contributed by atoms with Crippen molar-refractivity contribution in [3.8, 4) is 0 Å². The lowest BCUT2D eigenvalue weighted by atomic mass is 9.87. The highest BCUT2D eigenvalue weighted by Gasteiger charge is 2.28. The third-order valence-electron chi connectivity index (χ3n) is 1.59. The molecule has 0 rings (SSSR count). The topological polar surface area (TPSA) is 37.3 Å². The van der Waals surface area contributed by atoms with Crippen LogP contribution >= 0.6 is 15.9 Å². The van der Waals surface area contributed by atoms with E-state index in [1.165, 1.54) is 0 Å². The van der Waals surface area contributed by atoms with Crippen LogP contribution < -0.4 is 0 Å². The standard InChI is InChI=1S/C9H15BrO2/c1-5-6(8(11)12)7(10)9(2,3)4/h5,7H,1-4H3,(H,11,12). The molecule has 1 atom stereocenters. The molecule has 0 aliphatic carbocycles. The molecule has 1 unspecified atom stereocenters. The number of hydrogen-bond acceptors (Lipinski definition) is 1. The molecule has 0 aromatic carbocycles. The normalized spacial score (nSPS) is 15.9. The zero-order valence-corrected chi connectivity index (χ0v) is 9.47. The summed E-state index contributed by atoms with van der Waals surface area (Å²) < 4.78 is 0. The highest BCUT2D eigenvalue weighted by molar-refractivity contribution is 9.09. The SMILES string of the molecule is CC=C(C(=O)O)C(Br)C(C)(C)C. The largest absolute Gasteiger partial charge is 0.478 e. The van der Waals surface area contributed by atoms with Crippen LogP contribution in [0.25, 0.3) is 0 Å². The third-order valence-corrected chi connectivity index (χ3v) is 3.46. The average Bonchev–Trinajstić information content (AvgIpc) is 1.86. The van der Waals surface area contributed by atoms with Crippen LogP contribution in [0.5, 0.6) is 0 Å². The Labute approximate surface area is 81.8 Å². The van der Waals surface area contributed by atoms with E-state index in [1.54, 1.807) is 13.0 Å². The fraction of sp³-hybridized carbons (Fsp3) is 0.667. The maximum Gasteiger partial charge on any atom is 0.332 e. The first kappa shape index (κ1) is 11.7. The molecule has 0 heterocycles. The first-order valence-corrected chi connectivity index (χ1v) is 4.76.